The lowest BCUT2D eigenvalue weighted by Gasteiger charge is -2.16. The van der Waals surface area contributed by atoms with Crippen molar-refractivity contribution in [1.29, 1.82) is 0 Å². The maximum absolute atomic E-state index is 6.27. The Balaban J connectivity index is 1.78. The lowest BCUT2D eigenvalue weighted by molar-refractivity contribution is 1.16. The fourth-order valence-electron chi connectivity index (χ4n) is 2.55. The summed E-state index contributed by atoms with van der Waals surface area (Å²) in [5, 5.41) is 7.85. The molecule has 0 saturated carbocycles. The van der Waals surface area contributed by atoms with Gasteiger partial charge in [0.1, 0.15) is 0 Å². The van der Waals surface area contributed by atoms with Gasteiger partial charge in [-0.3, -0.25) is 0 Å². The largest absolute Gasteiger partial charge is 0.359 e. The Bertz CT molecular complexity index is 856. The summed E-state index contributed by atoms with van der Waals surface area (Å²) >= 11 is 12.5. The molecule has 0 amide bonds. The molecule has 2 N–H and O–H groups in total. The first-order valence-corrected chi connectivity index (χ1v) is 8.68. The summed E-state index contributed by atoms with van der Waals surface area (Å²) in [5.41, 5.74) is 4.69. The van der Waals surface area contributed by atoms with Crippen LogP contribution in [0.1, 0.15) is 5.56 Å². The highest BCUT2D eigenvalue weighted by atomic mass is 35.5. The Morgan fingerprint density at radius 2 is 1.44 bits per heavy atom. The number of rotatable bonds is 6. The van der Waals surface area contributed by atoms with Crippen LogP contribution >= 0.6 is 23.2 Å². The normalized spacial score (nSPS) is 10.3. The second-order valence-corrected chi connectivity index (χ2v) is 6.46. The summed E-state index contributed by atoms with van der Waals surface area (Å²) in [6.45, 7) is 4.14. The molecule has 4 heteroatoms. The summed E-state index contributed by atoms with van der Waals surface area (Å²) in [6, 6.07) is 23.5. The third kappa shape index (κ3) is 4.56. The van der Waals surface area contributed by atoms with Gasteiger partial charge in [0, 0.05) is 23.5 Å². The highest BCUT2D eigenvalue weighted by molar-refractivity contribution is 6.39. The zero-order valence-electron chi connectivity index (χ0n) is 13.6. The Kier molecular flexibility index (Phi) is 5.64. The first-order chi connectivity index (χ1) is 12.1. The van der Waals surface area contributed by atoms with E-state index >= 15 is 0 Å². The van der Waals surface area contributed by atoms with Gasteiger partial charge in [0.15, 0.2) is 0 Å². The number of hydrogen-bond donors (Lipinski definition) is 2. The Morgan fingerprint density at radius 1 is 0.800 bits per heavy atom. The molecule has 0 atom stereocenters. The Morgan fingerprint density at radius 3 is 2.16 bits per heavy atom. The molecular formula is C21H18Cl2N2. The van der Waals surface area contributed by atoms with E-state index in [0.29, 0.717) is 22.2 Å². The van der Waals surface area contributed by atoms with Gasteiger partial charge in [-0.05, 0) is 35.9 Å². The van der Waals surface area contributed by atoms with Gasteiger partial charge >= 0.3 is 0 Å². The van der Waals surface area contributed by atoms with Crippen molar-refractivity contribution in [3.05, 3.63) is 101 Å². The fraction of sp³-hybridized carbons (Fsp3) is 0.0476. The number of allylic oxidation sites excluding steroid dienone is 1. The van der Waals surface area contributed by atoms with Crippen LogP contribution in [0.15, 0.2) is 85.1 Å². The van der Waals surface area contributed by atoms with E-state index in [2.05, 4.69) is 23.3 Å². The Hall–Kier alpha value is -2.42. The van der Waals surface area contributed by atoms with Gasteiger partial charge in [-0.2, -0.15) is 0 Å². The minimum atomic E-state index is 0.587. The van der Waals surface area contributed by atoms with Crippen molar-refractivity contribution >= 4 is 40.3 Å². The molecular weight excluding hydrogens is 351 g/mol. The second kappa shape index (κ2) is 8.11. The zero-order chi connectivity index (χ0) is 17.6. The summed E-state index contributed by atoms with van der Waals surface area (Å²) in [7, 11) is 0. The van der Waals surface area contributed by atoms with E-state index < -0.39 is 0 Å². The number of halogens is 2. The standard InChI is InChI=1S/C21H18Cl2N2/c1-15(24-17-9-3-2-4-10-17)14-16-8-5-6-13-20(16)25-21-18(22)11-7-12-19(21)23/h2-13,24-25H,1,14H2. The Labute approximate surface area is 158 Å². The molecule has 0 radical (unpaired) electrons. The maximum atomic E-state index is 6.27. The predicted octanol–water partition coefficient (Wildman–Crippen LogP) is 6.91. The molecule has 3 aromatic carbocycles. The van der Waals surface area contributed by atoms with Gasteiger partial charge < -0.3 is 10.6 Å². The van der Waals surface area contributed by atoms with Gasteiger partial charge in [0.2, 0.25) is 0 Å². The van der Waals surface area contributed by atoms with E-state index in [0.717, 1.165) is 22.6 Å². The molecule has 0 aliphatic heterocycles. The molecule has 0 fully saturated rings. The van der Waals surface area contributed by atoms with Crippen molar-refractivity contribution in [2.45, 2.75) is 6.42 Å². The summed E-state index contributed by atoms with van der Waals surface area (Å²) < 4.78 is 0. The van der Waals surface area contributed by atoms with Crippen molar-refractivity contribution in [2.75, 3.05) is 10.6 Å². The van der Waals surface area contributed by atoms with E-state index in [-0.39, 0.29) is 0 Å². The van der Waals surface area contributed by atoms with Gasteiger partial charge in [-0.1, -0.05) is 72.2 Å². The smallest absolute Gasteiger partial charge is 0.0762 e. The van der Waals surface area contributed by atoms with E-state index in [9.17, 15) is 0 Å². The van der Waals surface area contributed by atoms with Crippen LogP contribution in [0.2, 0.25) is 10.0 Å². The molecule has 0 heterocycles. The van der Waals surface area contributed by atoms with Gasteiger partial charge in [-0.25, -0.2) is 0 Å². The molecule has 0 saturated heterocycles. The lowest BCUT2D eigenvalue weighted by atomic mass is 10.1. The fourth-order valence-corrected chi connectivity index (χ4v) is 3.04. The molecule has 2 nitrogen and oxygen atoms in total. The molecule has 0 aliphatic rings. The molecule has 126 valence electrons. The molecule has 0 aliphatic carbocycles. The molecule has 0 unspecified atom stereocenters. The lowest BCUT2D eigenvalue weighted by Crippen LogP contribution is -2.04. The molecule has 25 heavy (non-hydrogen) atoms. The minimum absolute atomic E-state index is 0.587. The third-order valence-corrected chi connectivity index (χ3v) is 4.37. The van der Waals surface area contributed by atoms with Crippen molar-refractivity contribution in [1.82, 2.24) is 0 Å². The van der Waals surface area contributed by atoms with Crippen LogP contribution in [-0.4, -0.2) is 0 Å². The zero-order valence-corrected chi connectivity index (χ0v) is 15.1. The van der Waals surface area contributed by atoms with E-state index in [1.165, 1.54) is 0 Å². The second-order valence-electron chi connectivity index (χ2n) is 5.65. The van der Waals surface area contributed by atoms with Crippen LogP contribution in [0.4, 0.5) is 17.1 Å². The topological polar surface area (TPSA) is 24.1 Å². The first-order valence-electron chi connectivity index (χ1n) is 7.92. The van der Waals surface area contributed by atoms with Crippen LogP contribution < -0.4 is 10.6 Å². The number of anilines is 3. The van der Waals surface area contributed by atoms with Crippen molar-refractivity contribution in [3.8, 4) is 0 Å². The summed E-state index contributed by atoms with van der Waals surface area (Å²) in [4.78, 5) is 0. The minimum Gasteiger partial charge on any atom is -0.359 e. The molecule has 0 aromatic heterocycles. The number of hydrogen-bond acceptors (Lipinski definition) is 2. The quantitative estimate of drug-likeness (QED) is 0.494. The van der Waals surface area contributed by atoms with Crippen molar-refractivity contribution < 1.29 is 0 Å². The van der Waals surface area contributed by atoms with Crippen molar-refractivity contribution in [2.24, 2.45) is 0 Å². The summed E-state index contributed by atoms with van der Waals surface area (Å²) in [6.07, 6.45) is 0.681. The SMILES string of the molecule is C=C(Cc1ccccc1Nc1c(Cl)cccc1Cl)Nc1ccccc1. The monoisotopic (exact) mass is 368 g/mol. The highest BCUT2D eigenvalue weighted by Crippen LogP contribution is 2.34. The molecule has 0 bridgehead atoms. The van der Waals surface area contributed by atoms with Crippen molar-refractivity contribution in [3.63, 3.8) is 0 Å². The van der Waals surface area contributed by atoms with Crippen LogP contribution in [0.25, 0.3) is 0 Å². The number of benzene rings is 3. The first kappa shape index (κ1) is 17.4. The van der Waals surface area contributed by atoms with Gasteiger partial charge in [-0.15, -0.1) is 0 Å². The molecule has 0 spiro atoms. The number of para-hydroxylation sites is 3. The van der Waals surface area contributed by atoms with Crippen LogP contribution in [-0.2, 0) is 6.42 Å². The van der Waals surface area contributed by atoms with Crippen LogP contribution in [0.5, 0.6) is 0 Å². The number of nitrogens with one attached hydrogen (secondary N) is 2. The van der Waals surface area contributed by atoms with Gasteiger partial charge in [0.25, 0.3) is 0 Å². The van der Waals surface area contributed by atoms with E-state index in [1.807, 2.05) is 66.7 Å². The van der Waals surface area contributed by atoms with Crippen LogP contribution in [0.3, 0.4) is 0 Å². The third-order valence-electron chi connectivity index (χ3n) is 3.74. The molecule has 3 rings (SSSR count). The van der Waals surface area contributed by atoms with Crippen LogP contribution in [0, 0.1) is 0 Å². The predicted molar refractivity (Wildman–Crippen MR) is 109 cm³/mol. The molecule has 3 aromatic rings. The van der Waals surface area contributed by atoms with Gasteiger partial charge in [0.05, 0.1) is 15.7 Å². The summed E-state index contributed by atoms with van der Waals surface area (Å²) in [5.74, 6) is 0. The van der Waals surface area contributed by atoms with E-state index in [4.69, 9.17) is 23.2 Å². The average Bonchev–Trinajstić information content (AvgIpc) is 2.60. The van der Waals surface area contributed by atoms with E-state index in [1.54, 1.807) is 0 Å². The average molecular weight is 369 g/mol. The highest BCUT2D eigenvalue weighted by Gasteiger charge is 2.09. The maximum Gasteiger partial charge on any atom is 0.0762 e.